The summed E-state index contributed by atoms with van der Waals surface area (Å²) in [6.07, 6.45) is 1.29. The Kier molecular flexibility index (Phi) is 3.76. The zero-order chi connectivity index (χ0) is 12.3. The van der Waals surface area contributed by atoms with Gasteiger partial charge in [-0.1, -0.05) is 0 Å². The van der Waals surface area contributed by atoms with Crippen molar-refractivity contribution >= 4 is 17.0 Å². The van der Waals surface area contributed by atoms with Gasteiger partial charge in [0.1, 0.15) is 0 Å². The highest BCUT2D eigenvalue weighted by atomic mass is 32.1. The summed E-state index contributed by atoms with van der Waals surface area (Å²) in [5, 5.41) is 13.6. The van der Waals surface area contributed by atoms with Crippen molar-refractivity contribution in [3.8, 4) is 0 Å². The van der Waals surface area contributed by atoms with Gasteiger partial charge >= 0.3 is 0 Å². The van der Waals surface area contributed by atoms with Gasteiger partial charge in [0.15, 0.2) is 0 Å². The maximum atomic E-state index is 9.39. The van der Waals surface area contributed by atoms with Crippen molar-refractivity contribution in [3.05, 3.63) is 46.4 Å². The second-order valence-electron chi connectivity index (χ2n) is 4.10. The average molecular weight is 248 g/mol. The quantitative estimate of drug-likeness (QED) is 0.904. The molecule has 1 N–H and O–H groups in total. The lowest BCUT2D eigenvalue weighted by Crippen LogP contribution is -2.16. The Morgan fingerprint density at radius 1 is 1.41 bits per heavy atom. The van der Waals surface area contributed by atoms with Crippen LogP contribution in [0.2, 0.25) is 0 Å². The fraction of sp³-hybridized carbons (Fsp3) is 0.308. The zero-order valence-corrected chi connectivity index (χ0v) is 10.8. The highest BCUT2D eigenvalue weighted by Gasteiger charge is 2.05. The van der Waals surface area contributed by atoms with E-state index in [9.17, 15) is 5.11 Å². The monoisotopic (exact) mass is 248 g/mol. The van der Waals surface area contributed by atoms with Gasteiger partial charge in [-0.05, 0) is 41.4 Å². The number of aliphatic hydroxyl groups is 1. The molecule has 0 bridgehead atoms. The third-order valence-corrected chi connectivity index (χ3v) is 3.37. The molecule has 0 aliphatic heterocycles. The Bertz CT molecular complexity index is 451. The number of pyridine rings is 1. The summed E-state index contributed by atoms with van der Waals surface area (Å²) < 4.78 is 0. The normalized spacial score (nSPS) is 12.4. The molecule has 0 aliphatic carbocycles. The smallest absolute Gasteiger partial charge is 0.0931 e. The van der Waals surface area contributed by atoms with Crippen LogP contribution in [0.25, 0.3) is 0 Å². The van der Waals surface area contributed by atoms with Crippen LogP contribution in [-0.4, -0.2) is 17.1 Å². The standard InChI is InChI=1S/C13H16N2OS/c1-10(16)13-4-3-12(7-14-13)15(2)8-11-5-6-17-9-11/h3-7,9-10,16H,8H2,1-2H3/t10-/m0/s1. The van der Waals surface area contributed by atoms with E-state index < -0.39 is 6.10 Å². The summed E-state index contributed by atoms with van der Waals surface area (Å²) in [6, 6.07) is 5.98. The number of hydrogen-bond acceptors (Lipinski definition) is 4. The Morgan fingerprint density at radius 3 is 2.76 bits per heavy atom. The molecule has 0 saturated heterocycles. The minimum atomic E-state index is -0.508. The Morgan fingerprint density at radius 2 is 2.24 bits per heavy atom. The molecule has 2 aromatic heterocycles. The van der Waals surface area contributed by atoms with E-state index in [-0.39, 0.29) is 0 Å². The van der Waals surface area contributed by atoms with Gasteiger partial charge < -0.3 is 10.0 Å². The lowest BCUT2D eigenvalue weighted by Gasteiger charge is -2.18. The van der Waals surface area contributed by atoms with Crippen molar-refractivity contribution in [1.29, 1.82) is 0 Å². The first-order chi connectivity index (χ1) is 8.16. The number of thiophene rings is 1. The highest BCUT2D eigenvalue weighted by molar-refractivity contribution is 7.07. The Hall–Kier alpha value is -1.39. The molecule has 17 heavy (non-hydrogen) atoms. The molecular weight excluding hydrogens is 232 g/mol. The molecule has 0 fully saturated rings. The van der Waals surface area contributed by atoms with Gasteiger partial charge in [-0.25, -0.2) is 0 Å². The topological polar surface area (TPSA) is 36.4 Å². The van der Waals surface area contributed by atoms with Crippen molar-refractivity contribution in [3.63, 3.8) is 0 Å². The van der Waals surface area contributed by atoms with E-state index in [0.29, 0.717) is 5.69 Å². The molecule has 0 aliphatic rings. The van der Waals surface area contributed by atoms with Crippen LogP contribution in [0, 0.1) is 0 Å². The van der Waals surface area contributed by atoms with Crippen molar-refractivity contribution in [2.75, 3.05) is 11.9 Å². The molecule has 2 rings (SSSR count). The predicted octanol–water partition coefficient (Wildman–Crippen LogP) is 2.83. The van der Waals surface area contributed by atoms with E-state index in [2.05, 4.69) is 26.7 Å². The van der Waals surface area contributed by atoms with Gasteiger partial charge in [-0.15, -0.1) is 0 Å². The first kappa shape index (κ1) is 12.1. The third-order valence-electron chi connectivity index (χ3n) is 2.64. The van der Waals surface area contributed by atoms with Crippen molar-refractivity contribution in [2.24, 2.45) is 0 Å². The summed E-state index contributed by atoms with van der Waals surface area (Å²) in [5.41, 5.74) is 3.07. The molecule has 0 amide bonds. The molecule has 0 radical (unpaired) electrons. The molecule has 0 spiro atoms. The number of nitrogens with zero attached hydrogens (tertiary/aromatic N) is 2. The van der Waals surface area contributed by atoms with Crippen LogP contribution in [0.4, 0.5) is 5.69 Å². The van der Waals surface area contributed by atoms with E-state index in [1.165, 1.54) is 5.56 Å². The van der Waals surface area contributed by atoms with Crippen LogP contribution >= 0.6 is 11.3 Å². The van der Waals surface area contributed by atoms with Crippen LogP contribution in [0.5, 0.6) is 0 Å². The van der Waals surface area contributed by atoms with Gasteiger partial charge in [0.2, 0.25) is 0 Å². The first-order valence-electron chi connectivity index (χ1n) is 5.53. The lowest BCUT2D eigenvalue weighted by atomic mass is 10.2. The first-order valence-corrected chi connectivity index (χ1v) is 6.47. The number of aliphatic hydroxyl groups excluding tert-OH is 1. The predicted molar refractivity (Wildman–Crippen MR) is 71.3 cm³/mol. The zero-order valence-electron chi connectivity index (χ0n) is 10.00. The Labute approximate surface area is 105 Å². The molecular formula is C13H16N2OS. The van der Waals surface area contributed by atoms with Crippen LogP contribution < -0.4 is 4.90 Å². The SMILES string of the molecule is C[C@H](O)c1ccc(N(C)Cc2ccsc2)cn1. The molecule has 3 nitrogen and oxygen atoms in total. The minimum absolute atomic E-state index is 0.508. The maximum absolute atomic E-state index is 9.39. The fourth-order valence-electron chi connectivity index (χ4n) is 1.62. The summed E-state index contributed by atoms with van der Waals surface area (Å²) in [6.45, 7) is 2.59. The van der Waals surface area contributed by atoms with Gasteiger partial charge in [0, 0.05) is 13.6 Å². The summed E-state index contributed by atoms with van der Waals surface area (Å²) >= 11 is 1.71. The molecule has 4 heteroatoms. The lowest BCUT2D eigenvalue weighted by molar-refractivity contribution is 0.194. The molecule has 2 aromatic rings. The van der Waals surface area contributed by atoms with Crippen LogP contribution in [0.1, 0.15) is 24.3 Å². The average Bonchev–Trinajstić information content (AvgIpc) is 2.82. The molecule has 0 saturated carbocycles. The number of hydrogen-bond donors (Lipinski definition) is 1. The van der Waals surface area contributed by atoms with Gasteiger partial charge in [0.05, 0.1) is 23.7 Å². The highest BCUT2D eigenvalue weighted by Crippen LogP contribution is 2.18. The second kappa shape index (κ2) is 5.29. The number of rotatable bonds is 4. The second-order valence-corrected chi connectivity index (χ2v) is 4.88. The maximum Gasteiger partial charge on any atom is 0.0931 e. The third kappa shape index (κ3) is 3.05. The van der Waals surface area contributed by atoms with Crippen LogP contribution in [-0.2, 0) is 6.54 Å². The van der Waals surface area contributed by atoms with Gasteiger partial charge in [0.25, 0.3) is 0 Å². The van der Waals surface area contributed by atoms with Crippen molar-refractivity contribution in [1.82, 2.24) is 4.98 Å². The van der Waals surface area contributed by atoms with E-state index in [0.717, 1.165) is 12.2 Å². The molecule has 1 atom stereocenters. The summed E-state index contributed by atoms with van der Waals surface area (Å²) in [4.78, 5) is 6.38. The summed E-state index contributed by atoms with van der Waals surface area (Å²) in [7, 11) is 2.04. The fourth-order valence-corrected chi connectivity index (χ4v) is 2.28. The van der Waals surface area contributed by atoms with Crippen LogP contribution in [0.3, 0.4) is 0 Å². The van der Waals surface area contributed by atoms with Crippen molar-refractivity contribution in [2.45, 2.75) is 19.6 Å². The van der Waals surface area contributed by atoms with E-state index >= 15 is 0 Å². The van der Waals surface area contributed by atoms with Crippen molar-refractivity contribution < 1.29 is 5.11 Å². The van der Waals surface area contributed by atoms with Gasteiger partial charge in [-0.3, -0.25) is 4.98 Å². The number of aromatic nitrogens is 1. The molecule has 90 valence electrons. The number of anilines is 1. The molecule has 2 heterocycles. The summed E-state index contributed by atoms with van der Waals surface area (Å²) in [5.74, 6) is 0. The minimum Gasteiger partial charge on any atom is -0.387 e. The van der Waals surface area contributed by atoms with Crippen LogP contribution in [0.15, 0.2) is 35.2 Å². The molecule has 0 aromatic carbocycles. The van der Waals surface area contributed by atoms with Gasteiger partial charge in [-0.2, -0.15) is 11.3 Å². The van der Waals surface area contributed by atoms with E-state index in [1.54, 1.807) is 24.5 Å². The Balaban J connectivity index is 2.06. The van der Waals surface area contributed by atoms with E-state index in [1.807, 2.05) is 19.2 Å². The molecule has 0 unspecified atom stereocenters. The largest absolute Gasteiger partial charge is 0.387 e. The van der Waals surface area contributed by atoms with E-state index in [4.69, 9.17) is 0 Å².